The fraction of sp³-hybridized carbons (Fsp3) is 0. The summed E-state index contributed by atoms with van der Waals surface area (Å²) in [6.45, 7) is 0. The van der Waals surface area contributed by atoms with Crippen LogP contribution in [0.1, 0.15) is 0 Å². The summed E-state index contributed by atoms with van der Waals surface area (Å²) in [4.78, 5) is 14.8. The van der Waals surface area contributed by atoms with Crippen molar-refractivity contribution < 1.29 is 4.92 Å². The topological polar surface area (TPSA) is 56.0 Å². The molecule has 0 unspecified atom stereocenters. The molecule has 0 amide bonds. The second-order valence-electron chi connectivity index (χ2n) is 3.94. The van der Waals surface area contributed by atoms with Gasteiger partial charge in [0.1, 0.15) is 0 Å². The molecule has 19 heavy (non-hydrogen) atoms. The van der Waals surface area contributed by atoms with Crippen molar-refractivity contribution in [2.75, 3.05) is 0 Å². The van der Waals surface area contributed by atoms with Crippen molar-refractivity contribution in [1.29, 1.82) is 0 Å². The van der Waals surface area contributed by atoms with Crippen molar-refractivity contribution in [3.8, 4) is 10.1 Å². The maximum atomic E-state index is 10.6. The van der Waals surface area contributed by atoms with Gasteiger partial charge in [-0.15, -0.1) is 0 Å². The Hall–Kier alpha value is -1.49. The molecule has 4 nitrogen and oxygen atoms in total. The quantitative estimate of drug-likeness (QED) is 0.387. The molecular weight excluding hydrogens is 375 g/mol. The van der Waals surface area contributed by atoms with Gasteiger partial charge in [0.05, 0.1) is 0 Å². The van der Waals surface area contributed by atoms with Gasteiger partial charge >= 0.3 is 123 Å². The van der Waals surface area contributed by atoms with E-state index in [0.29, 0.717) is 0 Å². The Balaban J connectivity index is 2.06. The van der Waals surface area contributed by atoms with Gasteiger partial charge in [0.25, 0.3) is 0 Å². The molecule has 0 bridgehead atoms. The first-order valence-electron chi connectivity index (χ1n) is 5.44. The van der Waals surface area contributed by atoms with Gasteiger partial charge in [-0.2, -0.15) is 0 Å². The van der Waals surface area contributed by atoms with Gasteiger partial charge in [0.15, 0.2) is 0 Å². The van der Waals surface area contributed by atoms with Crippen LogP contribution in [0.2, 0.25) is 0 Å². The number of halogens is 1. The summed E-state index contributed by atoms with van der Waals surface area (Å²) in [5.41, 5.74) is 2.05. The third-order valence-corrected chi connectivity index (χ3v) is 5.45. The summed E-state index contributed by atoms with van der Waals surface area (Å²) in [5.74, 6) is 0. The molecular formula is C13H7BrN2O2Se. The van der Waals surface area contributed by atoms with Crippen molar-refractivity contribution in [2.45, 2.75) is 0 Å². The van der Waals surface area contributed by atoms with Gasteiger partial charge in [0, 0.05) is 0 Å². The summed E-state index contributed by atoms with van der Waals surface area (Å²) in [7, 11) is 0. The van der Waals surface area contributed by atoms with E-state index in [-0.39, 0.29) is 20.2 Å². The van der Waals surface area contributed by atoms with Gasteiger partial charge in [-0.25, -0.2) is 0 Å². The zero-order chi connectivity index (χ0) is 13.4. The predicted octanol–water partition coefficient (Wildman–Crippen LogP) is 3.63. The summed E-state index contributed by atoms with van der Waals surface area (Å²) >= 11 is 3.59. The Morgan fingerprint density at radius 3 is 2.58 bits per heavy atom. The Morgan fingerprint density at radius 2 is 1.89 bits per heavy atom. The molecule has 94 valence electrons. The van der Waals surface area contributed by atoms with Crippen LogP contribution in [-0.2, 0) is 0 Å². The number of fused-ring (bicyclic) bond motifs is 1. The minimum atomic E-state index is -0.392. The van der Waals surface area contributed by atoms with E-state index in [1.54, 1.807) is 12.1 Å². The molecule has 0 fully saturated rings. The van der Waals surface area contributed by atoms with E-state index in [4.69, 9.17) is 0 Å². The number of nitro groups is 1. The monoisotopic (exact) mass is 382 g/mol. The molecule has 0 atom stereocenters. The molecule has 0 aliphatic carbocycles. The second kappa shape index (κ2) is 4.89. The van der Waals surface area contributed by atoms with Crippen LogP contribution in [0.3, 0.4) is 0 Å². The van der Waals surface area contributed by atoms with Crippen LogP contribution in [0.15, 0.2) is 46.9 Å². The number of benzene rings is 2. The van der Waals surface area contributed by atoms with Gasteiger partial charge in [-0.05, 0) is 0 Å². The molecule has 0 aliphatic heterocycles. The fourth-order valence-corrected chi connectivity index (χ4v) is 4.09. The van der Waals surface area contributed by atoms with Crippen LogP contribution >= 0.6 is 15.9 Å². The van der Waals surface area contributed by atoms with E-state index >= 15 is 0 Å². The molecule has 3 aromatic rings. The van der Waals surface area contributed by atoms with Gasteiger partial charge in [0.2, 0.25) is 0 Å². The molecule has 0 saturated carbocycles. The van der Waals surface area contributed by atoms with Gasteiger partial charge in [-0.1, -0.05) is 0 Å². The van der Waals surface area contributed by atoms with Crippen LogP contribution in [0.4, 0.5) is 5.69 Å². The Kier molecular flexibility index (Phi) is 3.22. The molecule has 0 aliphatic rings. The Labute approximate surface area is 123 Å². The number of rotatable bonds is 2. The zero-order valence-corrected chi connectivity index (χ0v) is 12.8. The third-order valence-electron chi connectivity index (χ3n) is 2.67. The SMILES string of the molecule is O=[N+]([O-])c1ccc(-c2nc3cc(Br)ccc3[se]2)cc1. The number of nitrogens with zero attached hydrogens (tertiary/aromatic N) is 2. The van der Waals surface area contributed by atoms with E-state index in [9.17, 15) is 10.1 Å². The van der Waals surface area contributed by atoms with E-state index in [2.05, 4.69) is 27.0 Å². The number of aromatic nitrogens is 1. The number of nitro benzene ring substituents is 1. The van der Waals surface area contributed by atoms with E-state index in [1.165, 1.54) is 16.4 Å². The van der Waals surface area contributed by atoms with Crippen LogP contribution < -0.4 is 0 Å². The van der Waals surface area contributed by atoms with Crippen LogP contribution in [0.25, 0.3) is 19.9 Å². The minimum absolute atomic E-state index is 0.107. The summed E-state index contributed by atoms with van der Waals surface area (Å²) < 4.78 is 3.26. The molecule has 0 saturated heterocycles. The molecule has 0 spiro atoms. The van der Waals surface area contributed by atoms with Gasteiger partial charge in [-0.3, -0.25) is 0 Å². The van der Waals surface area contributed by atoms with Crippen LogP contribution in [0, 0.1) is 10.1 Å². The normalized spacial score (nSPS) is 10.8. The maximum absolute atomic E-state index is 10.6. The molecule has 3 rings (SSSR count). The van der Waals surface area contributed by atoms with Crippen molar-refractivity contribution >= 4 is 45.9 Å². The van der Waals surface area contributed by atoms with Gasteiger partial charge < -0.3 is 0 Å². The first-order chi connectivity index (χ1) is 9.13. The first kappa shape index (κ1) is 12.5. The molecule has 6 heteroatoms. The van der Waals surface area contributed by atoms with E-state index < -0.39 is 4.92 Å². The van der Waals surface area contributed by atoms with Crippen LogP contribution in [0.5, 0.6) is 0 Å². The second-order valence-corrected chi connectivity index (χ2v) is 7.01. The number of hydrogen-bond donors (Lipinski definition) is 0. The molecule has 0 radical (unpaired) electrons. The standard InChI is InChI=1S/C13H7BrN2O2Se/c14-9-3-6-12-11(7-9)15-13(19-12)8-1-4-10(5-2-8)16(17)18/h1-7H. The van der Waals surface area contributed by atoms with Crippen molar-refractivity contribution in [3.63, 3.8) is 0 Å². The molecule has 1 aromatic heterocycles. The van der Waals surface area contributed by atoms with Crippen molar-refractivity contribution in [3.05, 3.63) is 57.1 Å². The summed E-state index contributed by atoms with van der Waals surface area (Å²) in [6.07, 6.45) is 0. The van der Waals surface area contributed by atoms with E-state index in [0.717, 1.165) is 20.1 Å². The molecule has 1 heterocycles. The third kappa shape index (κ3) is 2.47. The Morgan fingerprint density at radius 1 is 1.16 bits per heavy atom. The number of non-ortho nitro benzene ring substituents is 1. The Bertz CT molecular complexity index is 768. The zero-order valence-electron chi connectivity index (χ0n) is 9.54. The molecule has 2 aromatic carbocycles. The fourth-order valence-electron chi connectivity index (χ4n) is 1.75. The van der Waals surface area contributed by atoms with Crippen LogP contribution in [-0.4, -0.2) is 24.4 Å². The molecule has 0 N–H and O–H groups in total. The number of hydrogen-bond acceptors (Lipinski definition) is 3. The predicted molar refractivity (Wildman–Crippen MR) is 78.5 cm³/mol. The van der Waals surface area contributed by atoms with Crippen molar-refractivity contribution in [1.82, 2.24) is 4.98 Å². The average molecular weight is 382 g/mol. The summed E-state index contributed by atoms with van der Waals surface area (Å²) in [6, 6.07) is 12.6. The summed E-state index contributed by atoms with van der Waals surface area (Å²) in [5, 5.41) is 10.6. The van der Waals surface area contributed by atoms with E-state index in [1.807, 2.05) is 12.1 Å². The average Bonchev–Trinajstić information content (AvgIpc) is 2.81. The first-order valence-corrected chi connectivity index (χ1v) is 7.95. The van der Waals surface area contributed by atoms with Crippen molar-refractivity contribution in [2.24, 2.45) is 0 Å².